The molecule has 1 saturated heterocycles. The van der Waals surface area contributed by atoms with Crippen LogP contribution in [0.1, 0.15) is 53.4 Å². The van der Waals surface area contributed by atoms with Crippen LogP contribution in [0.5, 0.6) is 0 Å². The predicted octanol–water partition coefficient (Wildman–Crippen LogP) is 2.40. The Bertz CT molecular complexity index is 257. The van der Waals surface area contributed by atoms with E-state index >= 15 is 0 Å². The number of carbonyl (C=O) groups is 1. The molecular formula is C14H28N2O. The zero-order chi connectivity index (χ0) is 13.1. The minimum absolute atomic E-state index is 0.0428. The van der Waals surface area contributed by atoms with Crippen molar-refractivity contribution in [3.05, 3.63) is 0 Å². The van der Waals surface area contributed by atoms with Gasteiger partial charge in [0.25, 0.3) is 0 Å². The van der Waals surface area contributed by atoms with Crippen molar-refractivity contribution in [3.8, 4) is 0 Å². The lowest BCUT2D eigenvalue weighted by Crippen LogP contribution is -2.35. The summed E-state index contributed by atoms with van der Waals surface area (Å²) in [6.07, 6.45) is 3.66. The first-order chi connectivity index (χ1) is 7.84. The Labute approximate surface area is 106 Å². The van der Waals surface area contributed by atoms with E-state index in [1.54, 1.807) is 0 Å². The standard InChI is InChI=1S/C14H28N2O/c1-5-6-12(15)9-13(17)16-8-7-11(10-16)14(2,3)4/h11-12H,5-10,15H2,1-4H3. The van der Waals surface area contributed by atoms with Gasteiger partial charge in [-0.25, -0.2) is 0 Å². The number of nitrogens with zero attached hydrogens (tertiary/aromatic N) is 1. The monoisotopic (exact) mass is 240 g/mol. The minimum Gasteiger partial charge on any atom is -0.342 e. The van der Waals surface area contributed by atoms with Crippen LogP contribution in [0.4, 0.5) is 0 Å². The predicted molar refractivity (Wildman–Crippen MR) is 71.6 cm³/mol. The van der Waals surface area contributed by atoms with Gasteiger partial charge in [-0.3, -0.25) is 4.79 Å². The van der Waals surface area contributed by atoms with Crippen molar-refractivity contribution >= 4 is 5.91 Å². The molecule has 3 nitrogen and oxygen atoms in total. The second-order valence-electron chi connectivity index (χ2n) is 6.44. The topological polar surface area (TPSA) is 46.3 Å². The van der Waals surface area contributed by atoms with Gasteiger partial charge in [0.1, 0.15) is 0 Å². The smallest absolute Gasteiger partial charge is 0.224 e. The lowest BCUT2D eigenvalue weighted by atomic mass is 9.80. The molecule has 0 bridgehead atoms. The van der Waals surface area contributed by atoms with Gasteiger partial charge < -0.3 is 10.6 Å². The normalized spacial score (nSPS) is 22.9. The lowest BCUT2D eigenvalue weighted by Gasteiger charge is -2.27. The summed E-state index contributed by atoms with van der Waals surface area (Å²) in [6.45, 7) is 10.7. The fourth-order valence-electron chi connectivity index (χ4n) is 2.52. The van der Waals surface area contributed by atoms with Crippen molar-refractivity contribution in [2.75, 3.05) is 13.1 Å². The summed E-state index contributed by atoms with van der Waals surface area (Å²) in [5, 5.41) is 0. The molecule has 0 aromatic heterocycles. The molecule has 17 heavy (non-hydrogen) atoms. The molecule has 0 aromatic carbocycles. The number of amides is 1. The van der Waals surface area contributed by atoms with Gasteiger partial charge in [0, 0.05) is 25.6 Å². The average Bonchev–Trinajstić information content (AvgIpc) is 2.65. The lowest BCUT2D eigenvalue weighted by molar-refractivity contribution is -0.130. The van der Waals surface area contributed by atoms with Crippen molar-refractivity contribution in [2.45, 2.75) is 59.4 Å². The molecule has 2 N–H and O–H groups in total. The van der Waals surface area contributed by atoms with E-state index in [4.69, 9.17) is 5.73 Å². The molecule has 0 saturated carbocycles. The van der Waals surface area contributed by atoms with Gasteiger partial charge in [0.15, 0.2) is 0 Å². The van der Waals surface area contributed by atoms with Gasteiger partial charge in [0.05, 0.1) is 0 Å². The van der Waals surface area contributed by atoms with Crippen LogP contribution in [-0.2, 0) is 4.79 Å². The van der Waals surface area contributed by atoms with Crippen LogP contribution < -0.4 is 5.73 Å². The van der Waals surface area contributed by atoms with Gasteiger partial charge >= 0.3 is 0 Å². The number of rotatable bonds is 4. The highest BCUT2D eigenvalue weighted by molar-refractivity contribution is 5.77. The second kappa shape index (κ2) is 5.85. The Kier molecular flexibility index (Phi) is 4.99. The van der Waals surface area contributed by atoms with Crippen LogP contribution in [0.25, 0.3) is 0 Å². The van der Waals surface area contributed by atoms with Crippen LogP contribution >= 0.6 is 0 Å². The highest BCUT2D eigenvalue weighted by atomic mass is 16.2. The van der Waals surface area contributed by atoms with Gasteiger partial charge in [-0.05, 0) is 24.2 Å². The number of hydrogen-bond acceptors (Lipinski definition) is 2. The molecule has 0 spiro atoms. The molecule has 3 heteroatoms. The molecule has 0 aromatic rings. The van der Waals surface area contributed by atoms with Crippen LogP contribution in [0.15, 0.2) is 0 Å². The molecule has 1 aliphatic heterocycles. The van der Waals surface area contributed by atoms with Crippen molar-refractivity contribution in [2.24, 2.45) is 17.1 Å². The maximum absolute atomic E-state index is 12.0. The van der Waals surface area contributed by atoms with Crippen molar-refractivity contribution < 1.29 is 4.79 Å². The molecular weight excluding hydrogens is 212 g/mol. The van der Waals surface area contributed by atoms with Crippen LogP contribution in [0.3, 0.4) is 0 Å². The summed E-state index contributed by atoms with van der Waals surface area (Å²) in [6, 6.07) is 0.0428. The Morgan fingerprint density at radius 2 is 2.12 bits per heavy atom. The summed E-state index contributed by atoms with van der Waals surface area (Å²) >= 11 is 0. The van der Waals surface area contributed by atoms with E-state index in [9.17, 15) is 4.79 Å². The molecule has 100 valence electrons. The maximum atomic E-state index is 12.0. The summed E-state index contributed by atoms with van der Waals surface area (Å²) in [4.78, 5) is 14.1. The van der Waals surface area contributed by atoms with E-state index in [-0.39, 0.29) is 11.9 Å². The largest absolute Gasteiger partial charge is 0.342 e. The third-order valence-corrected chi connectivity index (χ3v) is 3.86. The number of likely N-dealkylation sites (tertiary alicyclic amines) is 1. The fraction of sp³-hybridized carbons (Fsp3) is 0.929. The molecule has 1 fully saturated rings. The molecule has 1 heterocycles. The van der Waals surface area contributed by atoms with Crippen molar-refractivity contribution in [1.82, 2.24) is 4.90 Å². The van der Waals surface area contributed by atoms with Crippen LogP contribution in [0.2, 0.25) is 0 Å². The maximum Gasteiger partial charge on any atom is 0.224 e. The molecule has 2 unspecified atom stereocenters. The molecule has 0 radical (unpaired) electrons. The zero-order valence-electron chi connectivity index (χ0n) is 11.8. The first-order valence-corrected chi connectivity index (χ1v) is 6.88. The SMILES string of the molecule is CCCC(N)CC(=O)N1CCC(C(C)(C)C)C1. The molecule has 2 atom stereocenters. The van der Waals surface area contributed by atoms with E-state index in [0.717, 1.165) is 32.4 Å². The van der Waals surface area contributed by atoms with Gasteiger partial charge in [0.2, 0.25) is 5.91 Å². The third kappa shape index (κ3) is 4.30. The molecule has 1 amide bonds. The summed E-state index contributed by atoms with van der Waals surface area (Å²) < 4.78 is 0. The first kappa shape index (κ1) is 14.5. The highest BCUT2D eigenvalue weighted by Gasteiger charge is 2.33. The van der Waals surface area contributed by atoms with Gasteiger partial charge in [-0.15, -0.1) is 0 Å². The Hall–Kier alpha value is -0.570. The van der Waals surface area contributed by atoms with Crippen LogP contribution in [0, 0.1) is 11.3 Å². The zero-order valence-corrected chi connectivity index (χ0v) is 11.8. The second-order valence-corrected chi connectivity index (χ2v) is 6.44. The number of nitrogens with two attached hydrogens (primary N) is 1. The minimum atomic E-state index is 0.0428. The van der Waals surface area contributed by atoms with E-state index in [0.29, 0.717) is 17.8 Å². The highest BCUT2D eigenvalue weighted by Crippen LogP contribution is 2.33. The van der Waals surface area contributed by atoms with Crippen molar-refractivity contribution in [1.29, 1.82) is 0 Å². The summed E-state index contributed by atoms with van der Waals surface area (Å²) in [5.74, 6) is 0.881. The van der Waals surface area contributed by atoms with Gasteiger partial charge in [-0.1, -0.05) is 34.1 Å². The fourth-order valence-corrected chi connectivity index (χ4v) is 2.52. The summed E-state index contributed by atoms with van der Waals surface area (Å²) in [7, 11) is 0. The van der Waals surface area contributed by atoms with Crippen molar-refractivity contribution in [3.63, 3.8) is 0 Å². The van der Waals surface area contributed by atoms with E-state index < -0.39 is 0 Å². The molecule has 1 rings (SSSR count). The Balaban J connectivity index is 2.40. The Morgan fingerprint density at radius 1 is 1.47 bits per heavy atom. The third-order valence-electron chi connectivity index (χ3n) is 3.86. The Morgan fingerprint density at radius 3 is 2.59 bits per heavy atom. The first-order valence-electron chi connectivity index (χ1n) is 6.88. The number of carbonyl (C=O) groups excluding carboxylic acids is 1. The quantitative estimate of drug-likeness (QED) is 0.820. The van der Waals surface area contributed by atoms with Gasteiger partial charge in [-0.2, -0.15) is 0 Å². The van der Waals surface area contributed by atoms with E-state index in [1.807, 2.05) is 4.90 Å². The summed E-state index contributed by atoms with van der Waals surface area (Å²) in [5.41, 5.74) is 6.23. The average molecular weight is 240 g/mol. The van der Waals surface area contributed by atoms with E-state index in [2.05, 4.69) is 27.7 Å². The molecule has 0 aliphatic carbocycles. The number of hydrogen-bond donors (Lipinski definition) is 1. The van der Waals surface area contributed by atoms with Crippen LogP contribution in [-0.4, -0.2) is 29.9 Å². The molecule has 1 aliphatic rings. The van der Waals surface area contributed by atoms with E-state index in [1.165, 1.54) is 0 Å².